The molecule has 6 heteroatoms. The van der Waals surface area contributed by atoms with Crippen molar-refractivity contribution in [2.45, 2.75) is 26.4 Å². The van der Waals surface area contributed by atoms with E-state index in [4.69, 9.17) is 0 Å². The van der Waals surface area contributed by atoms with Crippen LogP contribution in [0.25, 0.3) is 0 Å². The average Bonchev–Trinajstić information content (AvgIpc) is 2.77. The minimum Gasteiger partial charge on any atom is -0.326 e. The van der Waals surface area contributed by atoms with E-state index < -0.39 is 6.04 Å². The highest BCUT2D eigenvalue weighted by Gasteiger charge is 2.39. The lowest BCUT2D eigenvalue weighted by Gasteiger charge is -2.13. The number of rotatable bonds is 3. The molecule has 1 aliphatic rings. The van der Waals surface area contributed by atoms with Gasteiger partial charge in [-0.3, -0.25) is 14.4 Å². The topological polar surface area (TPSA) is 67.2 Å². The first-order valence-corrected chi connectivity index (χ1v) is 5.59. The number of hydrogen-bond donors (Lipinski definition) is 1. The standard InChI is InChI=1S/C11H16N4O2/c1-7(2)9-10(16)15(11(17)12-9)6-8-4-5-14(3)13-8/h4-5,7,9H,6H2,1-3H3,(H,12,17). The van der Waals surface area contributed by atoms with Gasteiger partial charge in [-0.2, -0.15) is 5.10 Å². The van der Waals surface area contributed by atoms with Gasteiger partial charge in [0.1, 0.15) is 6.04 Å². The summed E-state index contributed by atoms with van der Waals surface area (Å²) in [5.41, 5.74) is 0.709. The lowest BCUT2D eigenvalue weighted by Crippen LogP contribution is -2.34. The first-order chi connectivity index (χ1) is 7.99. The van der Waals surface area contributed by atoms with Crippen LogP contribution >= 0.6 is 0 Å². The van der Waals surface area contributed by atoms with Crippen LogP contribution in [0.1, 0.15) is 19.5 Å². The Morgan fingerprint density at radius 2 is 2.18 bits per heavy atom. The molecule has 1 aromatic heterocycles. The van der Waals surface area contributed by atoms with E-state index in [0.717, 1.165) is 0 Å². The Kier molecular flexibility index (Phi) is 2.87. The summed E-state index contributed by atoms with van der Waals surface area (Å²) in [7, 11) is 1.80. The number of carbonyl (C=O) groups excluding carboxylic acids is 2. The zero-order valence-corrected chi connectivity index (χ0v) is 10.2. The second-order valence-corrected chi connectivity index (χ2v) is 4.58. The molecule has 1 saturated heterocycles. The Balaban J connectivity index is 2.11. The Morgan fingerprint density at radius 1 is 1.47 bits per heavy atom. The lowest BCUT2D eigenvalue weighted by atomic mass is 10.1. The molecule has 92 valence electrons. The summed E-state index contributed by atoms with van der Waals surface area (Å²) in [6, 6.07) is 1.05. The van der Waals surface area contributed by atoms with Crippen LogP contribution in [0.3, 0.4) is 0 Å². The fourth-order valence-electron chi connectivity index (χ4n) is 1.85. The number of hydrogen-bond acceptors (Lipinski definition) is 3. The molecule has 1 aliphatic heterocycles. The predicted octanol–water partition coefficient (Wildman–Crippen LogP) is 0.496. The van der Waals surface area contributed by atoms with Crippen molar-refractivity contribution in [3.05, 3.63) is 18.0 Å². The number of aromatic nitrogens is 2. The lowest BCUT2D eigenvalue weighted by molar-refractivity contribution is -0.128. The third kappa shape index (κ3) is 2.15. The zero-order chi connectivity index (χ0) is 12.6. The smallest absolute Gasteiger partial charge is 0.325 e. The van der Waals surface area contributed by atoms with Crippen LogP contribution in [0, 0.1) is 5.92 Å². The van der Waals surface area contributed by atoms with Gasteiger partial charge in [-0.05, 0) is 12.0 Å². The molecule has 6 nitrogen and oxygen atoms in total. The minimum atomic E-state index is -0.411. The van der Waals surface area contributed by atoms with E-state index in [2.05, 4.69) is 10.4 Å². The Hall–Kier alpha value is -1.85. The maximum absolute atomic E-state index is 12.0. The van der Waals surface area contributed by atoms with Gasteiger partial charge in [-0.25, -0.2) is 4.79 Å². The van der Waals surface area contributed by atoms with Crippen LogP contribution in [0.5, 0.6) is 0 Å². The number of carbonyl (C=O) groups is 2. The van der Waals surface area contributed by atoms with Crippen molar-refractivity contribution in [1.82, 2.24) is 20.0 Å². The highest BCUT2D eigenvalue weighted by Crippen LogP contribution is 2.15. The highest BCUT2D eigenvalue weighted by atomic mass is 16.2. The summed E-state index contributed by atoms with van der Waals surface area (Å²) in [5.74, 6) is -0.0733. The number of nitrogens with one attached hydrogen (secondary N) is 1. The van der Waals surface area contributed by atoms with Crippen LogP contribution in [0.4, 0.5) is 4.79 Å². The minimum absolute atomic E-state index is 0.0974. The molecule has 17 heavy (non-hydrogen) atoms. The quantitative estimate of drug-likeness (QED) is 0.777. The van der Waals surface area contributed by atoms with E-state index in [-0.39, 0.29) is 24.4 Å². The summed E-state index contributed by atoms with van der Waals surface area (Å²) < 4.78 is 1.65. The van der Waals surface area contributed by atoms with E-state index >= 15 is 0 Å². The molecule has 0 radical (unpaired) electrons. The summed E-state index contributed by atoms with van der Waals surface area (Å²) in [4.78, 5) is 24.9. The molecule has 0 aromatic carbocycles. The van der Waals surface area contributed by atoms with E-state index in [0.29, 0.717) is 5.69 Å². The third-order valence-electron chi connectivity index (χ3n) is 2.81. The van der Waals surface area contributed by atoms with E-state index in [1.807, 2.05) is 13.8 Å². The summed E-state index contributed by atoms with van der Waals surface area (Å²) in [6.07, 6.45) is 1.79. The number of aryl methyl sites for hydroxylation is 1. The van der Waals surface area contributed by atoms with Gasteiger partial charge >= 0.3 is 6.03 Å². The fourth-order valence-corrected chi connectivity index (χ4v) is 1.85. The second kappa shape index (κ2) is 4.20. The molecule has 1 unspecified atom stereocenters. The Morgan fingerprint density at radius 3 is 2.65 bits per heavy atom. The fraction of sp³-hybridized carbons (Fsp3) is 0.545. The number of urea groups is 1. The molecule has 2 rings (SSSR count). The van der Waals surface area contributed by atoms with Gasteiger partial charge in [0.25, 0.3) is 5.91 Å². The monoisotopic (exact) mass is 236 g/mol. The molecule has 3 amide bonds. The van der Waals surface area contributed by atoms with Crippen LogP contribution in [-0.2, 0) is 18.4 Å². The maximum Gasteiger partial charge on any atom is 0.325 e. The maximum atomic E-state index is 12.0. The molecule has 1 aromatic rings. The number of nitrogens with zero attached hydrogens (tertiary/aromatic N) is 3. The van der Waals surface area contributed by atoms with Crippen molar-refractivity contribution in [3.8, 4) is 0 Å². The second-order valence-electron chi connectivity index (χ2n) is 4.58. The molecule has 0 saturated carbocycles. The van der Waals surface area contributed by atoms with Gasteiger partial charge in [0, 0.05) is 13.2 Å². The van der Waals surface area contributed by atoms with Crippen LogP contribution in [0.2, 0.25) is 0 Å². The molecule has 0 spiro atoms. The van der Waals surface area contributed by atoms with Gasteiger partial charge in [-0.15, -0.1) is 0 Å². The molecule has 1 N–H and O–H groups in total. The van der Waals surface area contributed by atoms with Gasteiger partial charge in [0.05, 0.1) is 12.2 Å². The SMILES string of the molecule is CC(C)C1NC(=O)N(Cc2ccn(C)n2)C1=O. The molecular weight excluding hydrogens is 220 g/mol. The van der Waals surface area contributed by atoms with E-state index in [1.165, 1.54) is 4.90 Å². The normalized spacial score (nSPS) is 20.2. The first kappa shape index (κ1) is 11.6. The molecule has 0 aliphatic carbocycles. The van der Waals surface area contributed by atoms with Gasteiger partial charge in [-0.1, -0.05) is 13.8 Å². The molecule has 1 atom stereocenters. The van der Waals surface area contributed by atoms with Crippen LogP contribution in [0.15, 0.2) is 12.3 Å². The Labute approximate surface area is 99.6 Å². The molecular formula is C11H16N4O2. The number of imide groups is 1. The highest BCUT2D eigenvalue weighted by molar-refractivity contribution is 6.04. The van der Waals surface area contributed by atoms with Gasteiger partial charge in [0.2, 0.25) is 0 Å². The number of amides is 3. The Bertz CT molecular complexity index is 452. The van der Waals surface area contributed by atoms with Crippen molar-refractivity contribution in [2.75, 3.05) is 0 Å². The van der Waals surface area contributed by atoms with Crippen molar-refractivity contribution < 1.29 is 9.59 Å². The van der Waals surface area contributed by atoms with Crippen molar-refractivity contribution in [3.63, 3.8) is 0 Å². The zero-order valence-electron chi connectivity index (χ0n) is 10.2. The third-order valence-corrected chi connectivity index (χ3v) is 2.81. The van der Waals surface area contributed by atoms with Crippen molar-refractivity contribution >= 4 is 11.9 Å². The summed E-state index contributed by atoms with van der Waals surface area (Å²) in [5, 5.41) is 6.84. The van der Waals surface area contributed by atoms with E-state index in [1.54, 1.807) is 24.0 Å². The largest absolute Gasteiger partial charge is 0.326 e. The predicted molar refractivity (Wildman–Crippen MR) is 60.9 cm³/mol. The van der Waals surface area contributed by atoms with Crippen molar-refractivity contribution in [1.29, 1.82) is 0 Å². The van der Waals surface area contributed by atoms with Gasteiger partial charge in [0.15, 0.2) is 0 Å². The molecule has 2 heterocycles. The van der Waals surface area contributed by atoms with Gasteiger partial charge < -0.3 is 5.32 Å². The average molecular weight is 236 g/mol. The van der Waals surface area contributed by atoms with E-state index in [9.17, 15) is 9.59 Å². The molecule has 1 fully saturated rings. The first-order valence-electron chi connectivity index (χ1n) is 5.59. The summed E-state index contributed by atoms with van der Waals surface area (Å²) >= 11 is 0. The summed E-state index contributed by atoms with van der Waals surface area (Å²) in [6.45, 7) is 4.05. The van der Waals surface area contributed by atoms with Crippen LogP contribution in [-0.4, -0.2) is 32.7 Å². The van der Waals surface area contributed by atoms with Crippen LogP contribution < -0.4 is 5.32 Å². The van der Waals surface area contributed by atoms with Crippen molar-refractivity contribution in [2.24, 2.45) is 13.0 Å². The molecule has 0 bridgehead atoms.